The van der Waals surface area contributed by atoms with Crippen molar-refractivity contribution < 1.29 is 9.57 Å². The van der Waals surface area contributed by atoms with Gasteiger partial charge in [0.05, 0.1) is 0 Å². The zero-order chi connectivity index (χ0) is 5.98. The minimum atomic E-state index is 0.993. The molecule has 0 amide bonds. The van der Waals surface area contributed by atoms with E-state index < -0.39 is 0 Å². The summed E-state index contributed by atoms with van der Waals surface area (Å²) in [6.07, 6.45) is 3.63. The van der Waals surface area contributed by atoms with E-state index in [2.05, 4.69) is 4.98 Å². The lowest BCUT2D eigenvalue weighted by atomic mass is 10.7. The Kier molecular flexibility index (Phi) is 1.20. The molecule has 0 aliphatic carbocycles. The Balaban J connectivity index is 2.92. The summed E-state index contributed by atoms with van der Waals surface area (Å²) in [4.78, 5) is 7.83. The molecule has 0 saturated heterocycles. The van der Waals surface area contributed by atoms with Gasteiger partial charge in [-0.25, -0.2) is 4.98 Å². The van der Waals surface area contributed by atoms with Gasteiger partial charge in [-0.3, -0.25) is 0 Å². The molecule has 0 aromatic carbocycles. The Morgan fingerprint density at radius 3 is 2.75 bits per heavy atom. The van der Waals surface area contributed by atoms with Crippen LogP contribution in [0.1, 0.15) is 5.82 Å². The van der Waals surface area contributed by atoms with Crippen molar-refractivity contribution in [1.29, 1.82) is 0 Å². The summed E-state index contributed by atoms with van der Waals surface area (Å²) in [5, 5.41) is 0. The van der Waals surface area contributed by atoms with Crippen LogP contribution in [0.2, 0.25) is 0 Å². The highest BCUT2D eigenvalue weighted by atomic mass is 16.6. The van der Waals surface area contributed by atoms with Crippen LogP contribution in [0.3, 0.4) is 0 Å². The quantitative estimate of drug-likeness (QED) is 0.496. The van der Waals surface area contributed by atoms with E-state index in [0.29, 0.717) is 0 Å². The van der Waals surface area contributed by atoms with Gasteiger partial charge in [-0.1, -0.05) is 4.73 Å². The molecule has 1 heterocycles. The molecule has 0 unspecified atom stereocenters. The first-order valence-corrected chi connectivity index (χ1v) is 2.44. The maximum absolute atomic E-state index is 4.87. The molecule has 1 N–H and O–H groups in total. The van der Waals surface area contributed by atoms with Crippen molar-refractivity contribution in [3.8, 4) is 0 Å². The number of aromatic nitrogens is 2. The summed E-state index contributed by atoms with van der Waals surface area (Å²) in [7, 11) is 1.63. The van der Waals surface area contributed by atoms with Crippen molar-refractivity contribution in [3.05, 3.63) is 18.2 Å². The molecule has 0 atom stereocenters. The second-order valence-corrected chi connectivity index (χ2v) is 1.55. The van der Waals surface area contributed by atoms with Crippen LogP contribution in [-0.4, -0.2) is 12.1 Å². The second kappa shape index (κ2) is 1.86. The van der Waals surface area contributed by atoms with Gasteiger partial charge >= 0.3 is 0 Å². The van der Waals surface area contributed by atoms with Crippen molar-refractivity contribution in [2.75, 3.05) is 7.11 Å². The molecule has 44 valence electrons. The Bertz CT molecular complexity index is 171. The predicted octanol–water partition coefficient (Wildman–Crippen LogP) is -0.331. The van der Waals surface area contributed by atoms with Crippen LogP contribution in [-0.2, 0) is 0 Å². The van der Waals surface area contributed by atoms with Crippen LogP contribution < -0.4 is 9.57 Å². The molecular formula is C5H9N2O+. The third-order valence-electron chi connectivity index (χ3n) is 1.03. The third-order valence-corrected chi connectivity index (χ3v) is 1.03. The predicted molar refractivity (Wildman–Crippen MR) is 28.2 cm³/mol. The molecule has 1 aromatic rings. The van der Waals surface area contributed by atoms with E-state index in [4.69, 9.17) is 4.84 Å². The molecule has 0 aliphatic rings. The van der Waals surface area contributed by atoms with Crippen LogP contribution >= 0.6 is 0 Å². The van der Waals surface area contributed by atoms with Gasteiger partial charge in [0.15, 0.2) is 6.20 Å². The molecule has 0 fully saturated rings. The van der Waals surface area contributed by atoms with Crippen LogP contribution in [0.4, 0.5) is 0 Å². The minimum absolute atomic E-state index is 0.993. The maximum atomic E-state index is 4.87. The largest absolute Gasteiger partial charge is 0.339 e. The first-order valence-electron chi connectivity index (χ1n) is 2.44. The molecule has 0 aliphatic heterocycles. The summed E-state index contributed by atoms with van der Waals surface area (Å²) in [6.45, 7) is 1.93. The molecule has 1 aromatic heterocycles. The number of imidazole rings is 1. The lowest BCUT2D eigenvalue weighted by Gasteiger charge is -1.88. The number of hydrogen-bond donors (Lipinski definition) is 1. The van der Waals surface area contributed by atoms with Crippen molar-refractivity contribution in [2.45, 2.75) is 6.92 Å². The van der Waals surface area contributed by atoms with Crippen molar-refractivity contribution in [2.24, 2.45) is 0 Å². The molecule has 3 nitrogen and oxygen atoms in total. The van der Waals surface area contributed by atoms with Gasteiger partial charge in [-0.05, 0) is 0 Å². The Morgan fingerprint density at radius 2 is 2.50 bits per heavy atom. The fourth-order valence-corrected chi connectivity index (χ4v) is 0.599. The van der Waals surface area contributed by atoms with Gasteiger partial charge < -0.3 is 4.84 Å². The SMILES string of the molecule is CO[n+]1cc[nH]c1C. The molecule has 8 heavy (non-hydrogen) atoms. The maximum Gasteiger partial charge on any atom is 0.291 e. The standard InChI is InChI=1S/C5H8N2O/c1-5-6-3-4-7(5)8-2/h3-4H,1-2H3/p+1. The summed E-state index contributed by atoms with van der Waals surface area (Å²) in [6, 6.07) is 0. The fourth-order valence-electron chi connectivity index (χ4n) is 0.599. The van der Waals surface area contributed by atoms with Gasteiger partial charge in [0.25, 0.3) is 5.82 Å². The van der Waals surface area contributed by atoms with Crippen molar-refractivity contribution in [1.82, 2.24) is 4.98 Å². The Hall–Kier alpha value is -0.990. The highest BCUT2D eigenvalue weighted by Crippen LogP contribution is 1.76. The highest BCUT2D eigenvalue weighted by molar-refractivity contribution is 4.69. The number of nitrogens with one attached hydrogen (secondary N) is 1. The van der Waals surface area contributed by atoms with Crippen LogP contribution in [0, 0.1) is 6.92 Å². The zero-order valence-electron chi connectivity index (χ0n) is 5.01. The summed E-state index contributed by atoms with van der Waals surface area (Å²) >= 11 is 0. The van der Waals surface area contributed by atoms with E-state index in [1.807, 2.05) is 19.3 Å². The average molecular weight is 113 g/mol. The fraction of sp³-hybridized carbons (Fsp3) is 0.400. The molecule has 1 rings (SSSR count). The topological polar surface area (TPSA) is 28.9 Å². The first-order chi connectivity index (χ1) is 3.84. The number of hydrogen-bond acceptors (Lipinski definition) is 1. The highest BCUT2D eigenvalue weighted by Gasteiger charge is 2.00. The van der Waals surface area contributed by atoms with E-state index >= 15 is 0 Å². The van der Waals surface area contributed by atoms with Crippen LogP contribution in [0.15, 0.2) is 12.4 Å². The van der Waals surface area contributed by atoms with Crippen LogP contribution in [0.5, 0.6) is 0 Å². The summed E-state index contributed by atoms with van der Waals surface area (Å²) < 4.78 is 1.65. The average Bonchev–Trinajstić information content (AvgIpc) is 2.14. The van der Waals surface area contributed by atoms with E-state index in [1.165, 1.54) is 0 Å². The van der Waals surface area contributed by atoms with Crippen molar-refractivity contribution >= 4 is 0 Å². The van der Waals surface area contributed by atoms with Crippen LogP contribution in [0.25, 0.3) is 0 Å². The van der Waals surface area contributed by atoms with Crippen molar-refractivity contribution in [3.63, 3.8) is 0 Å². The van der Waals surface area contributed by atoms with Gasteiger partial charge in [0, 0.05) is 6.92 Å². The van der Waals surface area contributed by atoms with Gasteiger partial charge in [-0.2, -0.15) is 0 Å². The monoisotopic (exact) mass is 113 g/mol. The molecule has 0 saturated carbocycles. The third kappa shape index (κ3) is 0.665. The molecule has 0 bridgehead atoms. The number of nitrogens with zero attached hydrogens (tertiary/aromatic N) is 1. The Labute approximate surface area is 47.9 Å². The lowest BCUT2D eigenvalue weighted by Crippen LogP contribution is -2.40. The lowest BCUT2D eigenvalue weighted by molar-refractivity contribution is -0.888. The number of rotatable bonds is 1. The molecule has 0 radical (unpaired) electrons. The van der Waals surface area contributed by atoms with E-state index in [0.717, 1.165) is 5.82 Å². The van der Waals surface area contributed by atoms with E-state index in [-0.39, 0.29) is 0 Å². The van der Waals surface area contributed by atoms with E-state index in [9.17, 15) is 0 Å². The number of H-pyrrole nitrogens is 1. The molecular weight excluding hydrogens is 104 g/mol. The first kappa shape index (κ1) is 5.15. The number of aryl methyl sites for hydroxylation is 1. The molecule has 0 spiro atoms. The summed E-state index contributed by atoms with van der Waals surface area (Å²) in [5.74, 6) is 0.993. The van der Waals surface area contributed by atoms with Gasteiger partial charge in [0.2, 0.25) is 0 Å². The molecule has 3 heteroatoms. The second-order valence-electron chi connectivity index (χ2n) is 1.55. The number of aromatic amines is 1. The normalized spacial score (nSPS) is 9.25. The van der Waals surface area contributed by atoms with Gasteiger partial charge in [0.1, 0.15) is 13.3 Å². The minimum Gasteiger partial charge on any atom is -0.339 e. The van der Waals surface area contributed by atoms with Gasteiger partial charge in [-0.15, -0.1) is 0 Å². The smallest absolute Gasteiger partial charge is 0.291 e. The Morgan fingerprint density at radius 1 is 1.75 bits per heavy atom. The zero-order valence-corrected chi connectivity index (χ0v) is 5.01. The summed E-state index contributed by atoms with van der Waals surface area (Å²) in [5.41, 5.74) is 0. The van der Waals surface area contributed by atoms with E-state index in [1.54, 1.807) is 11.8 Å².